The minimum Gasteiger partial charge on any atom is -0.494 e. The Morgan fingerprint density at radius 3 is 2.19 bits per heavy atom. The van der Waals surface area contributed by atoms with Crippen molar-refractivity contribution in [2.75, 3.05) is 23.0 Å². The van der Waals surface area contributed by atoms with Crippen LogP contribution < -0.4 is 19.3 Å². The lowest BCUT2D eigenvalue weighted by molar-refractivity contribution is -0.139. The summed E-state index contributed by atoms with van der Waals surface area (Å²) < 4.78 is 11.0. The van der Waals surface area contributed by atoms with Gasteiger partial charge in [-0.1, -0.05) is 12.2 Å². The minimum absolute atomic E-state index is 0.0662. The van der Waals surface area contributed by atoms with E-state index in [0.29, 0.717) is 42.1 Å². The summed E-state index contributed by atoms with van der Waals surface area (Å²) in [5, 5.41) is 0. The zero-order valence-electron chi connectivity index (χ0n) is 20.3. The van der Waals surface area contributed by atoms with E-state index in [1.807, 2.05) is 19.1 Å². The van der Waals surface area contributed by atoms with Crippen LogP contribution in [0, 0.1) is 24.7 Å². The first kappa shape index (κ1) is 23.8. The lowest BCUT2D eigenvalue weighted by atomic mass is 9.85. The summed E-state index contributed by atoms with van der Waals surface area (Å²) in [6, 6.07) is 12.1. The molecule has 0 aromatic heterocycles. The molecule has 0 N–H and O–H groups in total. The van der Waals surface area contributed by atoms with Crippen molar-refractivity contribution in [2.24, 2.45) is 17.8 Å². The van der Waals surface area contributed by atoms with Crippen LogP contribution in [0.1, 0.15) is 31.7 Å². The fourth-order valence-corrected chi connectivity index (χ4v) is 5.18. The van der Waals surface area contributed by atoms with Gasteiger partial charge in [0.05, 0.1) is 30.0 Å². The van der Waals surface area contributed by atoms with Crippen molar-refractivity contribution in [3.8, 4) is 11.5 Å². The molecule has 3 amide bonds. The van der Waals surface area contributed by atoms with Gasteiger partial charge in [-0.3, -0.25) is 19.2 Å². The molecule has 8 heteroatoms. The molecule has 2 heterocycles. The summed E-state index contributed by atoms with van der Waals surface area (Å²) in [6.45, 7) is 4.47. The number of nitrogens with zero attached hydrogens (tertiary/aromatic N) is 2. The largest absolute Gasteiger partial charge is 0.494 e. The van der Waals surface area contributed by atoms with Crippen molar-refractivity contribution in [1.82, 2.24) is 0 Å². The number of hydrogen-bond acceptors (Lipinski definition) is 6. The SMILES string of the molecule is CCOc1ccc(N2C[C@@H](C(=O)Oc3ccc(N4C(=O)[C@H]5CC=CC[C@H]5C4=O)c(C)c3)CC2=O)cc1. The highest BCUT2D eigenvalue weighted by Crippen LogP contribution is 2.39. The number of fused-ring (bicyclic) bond motifs is 1. The molecule has 2 fully saturated rings. The number of allylic oxidation sites excluding steroid dienone is 2. The molecule has 8 nitrogen and oxygen atoms in total. The van der Waals surface area contributed by atoms with Gasteiger partial charge < -0.3 is 14.4 Å². The Labute approximate surface area is 209 Å². The zero-order valence-corrected chi connectivity index (χ0v) is 20.3. The Kier molecular flexibility index (Phi) is 6.35. The average molecular weight is 489 g/mol. The van der Waals surface area contributed by atoms with Crippen LogP contribution in [0.3, 0.4) is 0 Å². The molecular formula is C28H28N2O6. The number of amides is 3. The van der Waals surface area contributed by atoms with Gasteiger partial charge in [-0.25, -0.2) is 4.90 Å². The molecule has 3 atom stereocenters. The second-order valence-corrected chi connectivity index (χ2v) is 9.37. The van der Waals surface area contributed by atoms with Gasteiger partial charge >= 0.3 is 5.97 Å². The normalized spacial score (nSPS) is 23.3. The van der Waals surface area contributed by atoms with Crippen molar-refractivity contribution in [1.29, 1.82) is 0 Å². The Morgan fingerprint density at radius 2 is 1.58 bits per heavy atom. The number of rotatable bonds is 6. The number of carbonyl (C=O) groups excluding carboxylic acids is 4. The van der Waals surface area contributed by atoms with Gasteiger partial charge in [-0.15, -0.1) is 0 Å². The average Bonchev–Trinajstić information content (AvgIpc) is 3.38. The Morgan fingerprint density at radius 1 is 0.944 bits per heavy atom. The lowest BCUT2D eigenvalue weighted by Gasteiger charge is -2.19. The number of aryl methyl sites for hydroxylation is 1. The van der Waals surface area contributed by atoms with Crippen LogP contribution >= 0.6 is 0 Å². The smallest absolute Gasteiger partial charge is 0.316 e. The van der Waals surface area contributed by atoms with E-state index in [-0.39, 0.29) is 42.5 Å². The Balaban J connectivity index is 1.25. The molecular weight excluding hydrogens is 460 g/mol. The van der Waals surface area contributed by atoms with E-state index in [9.17, 15) is 19.2 Å². The van der Waals surface area contributed by atoms with Crippen LogP contribution in [0.4, 0.5) is 11.4 Å². The summed E-state index contributed by atoms with van der Waals surface area (Å²) >= 11 is 0. The molecule has 0 unspecified atom stereocenters. The zero-order chi connectivity index (χ0) is 25.4. The topological polar surface area (TPSA) is 93.2 Å². The van der Waals surface area contributed by atoms with Crippen LogP contribution in [0.5, 0.6) is 11.5 Å². The summed E-state index contributed by atoms with van der Waals surface area (Å²) in [6.07, 6.45) is 5.13. The summed E-state index contributed by atoms with van der Waals surface area (Å²) in [5.74, 6) is -1.18. The number of esters is 1. The number of carbonyl (C=O) groups is 4. The van der Waals surface area contributed by atoms with Crippen LogP contribution in [0.15, 0.2) is 54.6 Å². The maximum Gasteiger partial charge on any atom is 0.316 e. The Hall–Kier alpha value is -3.94. The van der Waals surface area contributed by atoms with Crippen LogP contribution in [0.25, 0.3) is 0 Å². The third kappa shape index (κ3) is 4.27. The van der Waals surface area contributed by atoms with Crippen LogP contribution in [-0.2, 0) is 19.2 Å². The highest BCUT2D eigenvalue weighted by Gasteiger charge is 2.48. The van der Waals surface area contributed by atoms with Gasteiger partial charge in [0.15, 0.2) is 0 Å². The van der Waals surface area contributed by atoms with Gasteiger partial charge in [0.1, 0.15) is 11.5 Å². The van der Waals surface area contributed by atoms with Gasteiger partial charge in [0.25, 0.3) is 0 Å². The van der Waals surface area contributed by atoms with E-state index < -0.39 is 11.9 Å². The maximum atomic E-state index is 12.9. The van der Waals surface area contributed by atoms with Crippen LogP contribution in [0.2, 0.25) is 0 Å². The molecule has 1 aliphatic carbocycles. The van der Waals surface area contributed by atoms with E-state index in [4.69, 9.17) is 9.47 Å². The third-order valence-corrected chi connectivity index (χ3v) is 7.05. The molecule has 2 aliphatic heterocycles. The first-order valence-corrected chi connectivity index (χ1v) is 12.3. The summed E-state index contributed by atoms with van der Waals surface area (Å²) in [4.78, 5) is 54.1. The summed E-state index contributed by atoms with van der Waals surface area (Å²) in [5.41, 5.74) is 1.87. The molecule has 0 radical (unpaired) electrons. The number of benzene rings is 2. The second kappa shape index (κ2) is 9.60. The van der Waals surface area contributed by atoms with Gasteiger partial charge in [0.2, 0.25) is 17.7 Å². The van der Waals surface area contributed by atoms with E-state index >= 15 is 0 Å². The van der Waals surface area contributed by atoms with Crippen molar-refractivity contribution in [3.63, 3.8) is 0 Å². The van der Waals surface area contributed by atoms with Crippen LogP contribution in [-0.4, -0.2) is 36.8 Å². The predicted octanol–water partition coefficient (Wildman–Crippen LogP) is 3.81. The molecule has 5 rings (SSSR count). The number of anilines is 2. The third-order valence-electron chi connectivity index (χ3n) is 7.05. The van der Waals surface area contributed by atoms with E-state index in [0.717, 1.165) is 5.75 Å². The first-order chi connectivity index (χ1) is 17.4. The molecule has 36 heavy (non-hydrogen) atoms. The highest BCUT2D eigenvalue weighted by molar-refractivity contribution is 6.22. The van der Waals surface area contributed by atoms with Crippen molar-refractivity contribution in [3.05, 3.63) is 60.2 Å². The molecule has 186 valence electrons. The van der Waals surface area contributed by atoms with Crippen molar-refractivity contribution in [2.45, 2.75) is 33.1 Å². The van der Waals surface area contributed by atoms with Gasteiger partial charge in [-0.05, 0) is 74.7 Å². The predicted molar refractivity (Wildman–Crippen MR) is 133 cm³/mol. The van der Waals surface area contributed by atoms with Gasteiger partial charge in [-0.2, -0.15) is 0 Å². The molecule has 0 spiro atoms. The lowest BCUT2D eigenvalue weighted by Crippen LogP contribution is -2.31. The second-order valence-electron chi connectivity index (χ2n) is 9.37. The molecule has 3 aliphatic rings. The molecule has 2 saturated heterocycles. The van der Waals surface area contributed by atoms with E-state index in [2.05, 4.69) is 0 Å². The molecule has 2 aromatic rings. The number of hydrogen-bond donors (Lipinski definition) is 0. The summed E-state index contributed by atoms with van der Waals surface area (Å²) in [7, 11) is 0. The fourth-order valence-electron chi connectivity index (χ4n) is 5.18. The molecule has 0 saturated carbocycles. The number of ether oxygens (including phenoxy) is 2. The Bertz CT molecular complexity index is 1230. The highest BCUT2D eigenvalue weighted by atomic mass is 16.5. The van der Waals surface area contributed by atoms with E-state index in [1.165, 1.54) is 4.90 Å². The molecule has 0 bridgehead atoms. The standard InChI is InChI=1S/C28H28N2O6/c1-3-35-20-10-8-19(9-11-20)29-16-18(15-25(29)31)28(34)36-21-12-13-24(17(2)14-21)30-26(32)22-6-4-5-7-23(22)27(30)33/h4-5,8-14,18,22-23H,3,6-7,15-16H2,1-2H3/t18-,22-,23+/m0/s1. The van der Waals surface area contributed by atoms with Crippen molar-refractivity contribution >= 4 is 35.1 Å². The quantitative estimate of drug-likeness (QED) is 0.266. The fraction of sp³-hybridized carbons (Fsp3) is 0.357. The van der Waals surface area contributed by atoms with Crippen molar-refractivity contribution < 1.29 is 28.7 Å². The first-order valence-electron chi connectivity index (χ1n) is 12.3. The maximum absolute atomic E-state index is 12.9. The van der Waals surface area contributed by atoms with E-state index in [1.54, 1.807) is 54.3 Å². The minimum atomic E-state index is -0.596. The number of imide groups is 1. The van der Waals surface area contributed by atoms with Gasteiger partial charge in [0, 0.05) is 18.7 Å². The molecule has 2 aromatic carbocycles. The monoisotopic (exact) mass is 488 g/mol.